The van der Waals surface area contributed by atoms with E-state index in [0.717, 1.165) is 0 Å². The minimum Gasteiger partial charge on any atom is -0.492 e. The molecule has 78 valence electrons. The van der Waals surface area contributed by atoms with Crippen molar-refractivity contribution >= 4 is 11.6 Å². The van der Waals surface area contributed by atoms with Crippen molar-refractivity contribution in [3.05, 3.63) is 41.4 Å². The second-order valence-corrected chi connectivity index (χ2v) is 3.25. The zero-order chi connectivity index (χ0) is 10.8. The van der Waals surface area contributed by atoms with Gasteiger partial charge in [-0.15, -0.1) is 0 Å². The fourth-order valence-corrected chi connectivity index (χ4v) is 1.51. The highest BCUT2D eigenvalue weighted by molar-refractivity contribution is 6.31. The number of methoxy groups -OCH3 is 1. The van der Waals surface area contributed by atoms with Gasteiger partial charge in [0.2, 0.25) is 0 Å². The molecular weight excluding hydrogens is 219 g/mol. The first-order valence-corrected chi connectivity index (χ1v) is 4.63. The lowest BCUT2D eigenvalue weighted by atomic mass is 10.3. The monoisotopic (exact) mass is 226 g/mol. The number of halogens is 2. The van der Waals surface area contributed by atoms with Crippen molar-refractivity contribution in [2.24, 2.45) is 0 Å². The van der Waals surface area contributed by atoms with E-state index in [1.165, 1.54) is 30.1 Å². The topological polar surface area (TPSA) is 27.1 Å². The average Bonchev–Trinajstić information content (AvgIpc) is 2.59. The molecule has 3 nitrogen and oxygen atoms in total. The molecule has 2 aromatic rings. The second kappa shape index (κ2) is 3.90. The Hall–Kier alpha value is -1.55. The molecule has 0 amide bonds. The molecule has 0 N–H and O–H groups in total. The van der Waals surface area contributed by atoms with Crippen LogP contribution in [0.15, 0.2) is 30.5 Å². The highest BCUT2D eigenvalue weighted by Crippen LogP contribution is 2.26. The SMILES string of the molecule is COc1cnn(-c2cccc(F)c2)c1Cl. The Morgan fingerprint density at radius 3 is 2.87 bits per heavy atom. The van der Waals surface area contributed by atoms with Crippen LogP contribution in [-0.4, -0.2) is 16.9 Å². The van der Waals surface area contributed by atoms with E-state index in [-0.39, 0.29) is 5.82 Å². The molecule has 0 radical (unpaired) electrons. The fourth-order valence-electron chi connectivity index (χ4n) is 1.24. The lowest BCUT2D eigenvalue weighted by molar-refractivity contribution is 0.415. The highest BCUT2D eigenvalue weighted by Gasteiger charge is 2.10. The fraction of sp³-hybridized carbons (Fsp3) is 0.100. The van der Waals surface area contributed by atoms with Gasteiger partial charge in [0, 0.05) is 0 Å². The molecule has 0 bridgehead atoms. The molecule has 0 aliphatic rings. The number of rotatable bonds is 2. The molecule has 1 heterocycles. The number of aromatic nitrogens is 2. The molecule has 1 aromatic carbocycles. The van der Waals surface area contributed by atoms with Gasteiger partial charge in [-0.05, 0) is 18.2 Å². The van der Waals surface area contributed by atoms with Crippen molar-refractivity contribution in [3.8, 4) is 11.4 Å². The van der Waals surface area contributed by atoms with E-state index in [4.69, 9.17) is 16.3 Å². The maximum Gasteiger partial charge on any atom is 0.176 e. The number of benzene rings is 1. The number of ether oxygens (including phenoxy) is 1. The Morgan fingerprint density at radius 2 is 2.27 bits per heavy atom. The zero-order valence-electron chi connectivity index (χ0n) is 7.95. The van der Waals surface area contributed by atoms with E-state index >= 15 is 0 Å². The summed E-state index contributed by atoms with van der Waals surface area (Å²) in [5, 5.41) is 4.31. The first-order chi connectivity index (χ1) is 7.22. The minimum atomic E-state index is -0.335. The van der Waals surface area contributed by atoms with E-state index in [1.54, 1.807) is 12.1 Å². The first-order valence-electron chi connectivity index (χ1n) is 4.26. The molecule has 0 saturated carbocycles. The maximum absolute atomic E-state index is 13.0. The minimum absolute atomic E-state index is 0.322. The Labute approximate surface area is 91.0 Å². The van der Waals surface area contributed by atoms with Gasteiger partial charge in [0.15, 0.2) is 10.9 Å². The normalized spacial score (nSPS) is 10.3. The largest absolute Gasteiger partial charge is 0.492 e. The molecule has 15 heavy (non-hydrogen) atoms. The summed E-state index contributed by atoms with van der Waals surface area (Å²) in [6, 6.07) is 6.01. The third-order valence-electron chi connectivity index (χ3n) is 1.95. The van der Waals surface area contributed by atoms with Crippen LogP contribution in [-0.2, 0) is 0 Å². The standard InChI is InChI=1S/C10H8ClFN2O/c1-15-9-6-13-14(10(9)11)8-4-2-3-7(12)5-8/h2-6H,1H3. The van der Waals surface area contributed by atoms with Crippen LogP contribution >= 0.6 is 11.6 Å². The molecule has 0 saturated heterocycles. The zero-order valence-corrected chi connectivity index (χ0v) is 8.70. The van der Waals surface area contributed by atoms with E-state index < -0.39 is 0 Å². The Bertz CT molecular complexity index is 484. The molecule has 0 fully saturated rings. The van der Waals surface area contributed by atoms with Gasteiger partial charge in [-0.1, -0.05) is 17.7 Å². The smallest absolute Gasteiger partial charge is 0.176 e. The van der Waals surface area contributed by atoms with Crippen molar-refractivity contribution in [2.75, 3.05) is 7.11 Å². The van der Waals surface area contributed by atoms with Gasteiger partial charge < -0.3 is 4.74 Å². The van der Waals surface area contributed by atoms with Crippen LogP contribution in [0, 0.1) is 5.82 Å². The molecule has 0 atom stereocenters. The van der Waals surface area contributed by atoms with Crippen LogP contribution in [0.2, 0.25) is 5.15 Å². The van der Waals surface area contributed by atoms with E-state index in [1.807, 2.05) is 0 Å². The van der Waals surface area contributed by atoms with Crippen LogP contribution in [0.3, 0.4) is 0 Å². The van der Waals surface area contributed by atoms with E-state index in [0.29, 0.717) is 16.6 Å². The summed E-state index contributed by atoms with van der Waals surface area (Å²) in [7, 11) is 1.50. The summed E-state index contributed by atoms with van der Waals surface area (Å²) in [5.41, 5.74) is 0.559. The molecule has 0 spiro atoms. The van der Waals surface area contributed by atoms with Gasteiger partial charge in [-0.25, -0.2) is 9.07 Å². The summed E-state index contributed by atoms with van der Waals surface area (Å²) in [6.07, 6.45) is 1.48. The van der Waals surface area contributed by atoms with Crippen LogP contribution in [0.4, 0.5) is 4.39 Å². The van der Waals surface area contributed by atoms with Gasteiger partial charge >= 0.3 is 0 Å². The lowest BCUT2D eigenvalue weighted by Crippen LogP contribution is -1.96. The van der Waals surface area contributed by atoms with E-state index in [9.17, 15) is 4.39 Å². The predicted octanol–water partition coefficient (Wildman–Crippen LogP) is 2.67. The van der Waals surface area contributed by atoms with Crippen molar-refractivity contribution in [3.63, 3.8) is 0 Å². The van der Waals surface area contributed by atoms with Crippen molar-refractivity contribution in [2.45, 2.75) is 0 Å². The molecule has 0 aliphatic carbocycles. The molecular formula is C10H8ClFN2O. The molecule has 2 rings (SSSR count). The van der Waals surface area contributed by atoms with Crippen LogP contribution in [0.1, 0.15) is 0 Å². The Morgan fingerprint density at radius 1 is 1.47 bits per heavy atom. The molecule has 1 aromatic heterocycles. The Kier molecular flexibility index (Phi) is 2.60. The third kappa shape index (κ3) is 1.80. The summed E-state index contributed by atoms with van der Waals surface area (Å²) in [6.45, 7) is 0. The number of hydrogen-bond donors (Lipinski definition) is 0. The average molecular weight is 227 g/mol. The van der Waals surface area contributed by atoms with Gasteiger partial charge in [0.25, 0.3) is 0 Å². The quantitative estimate of drug-likeness (QED) is 0.787. The van der Waals surface area contributed by atoms with Gasteiger partial charge in [-0.3, -0.25) is 0 Å². The van der Waals surface area contributed by atoms with Crippen molar-refractivity contribution in [1.82, 2.24) is 9.78 Å². The van der Waals surface area contributed by atoms with E-state index in [2.05, 4.69) is 5.10 Å². The number of nitrogens with zero attached hydrogens (tertiary/aromatic N) is 2. The van der Waals surface area contributed by atoms with Gasteiger partial charge in [0.05, 0.1) is 19.0 Å². The van der Waals surface area contributed by atoms with Crippen LogP contribution in [0.5, 0.6) is 5.75 Å². The number of hydrogen-bond acceptors (Lipinski definition) is 2. The van der Waals surface area contributed by atoms with Crippen LogP contribution in [0.25, 0.3) is 5.69 Å². The highest BCUT2D eigenvalue weighted by atomic mass is 35.5. The summed E-state index contributed by atoms with van der Waals surface area (Å²) >= 11 is 5.96. The summed E-state index contributed by atoms with van der Waals surface area (Å²) in [4.78, 5) is 0. The summed E-state index contributed by atoms with van der Waals surface area (Å²) in [5.74, 6) is 0.124. The molecule has 5 heteroatoms. The van der Waals surface area contributed by atoms with Gasteiger partial charge in [-0.2, -0.15) is 5.10 Å². The van der Waals surface area contributed by atoms with Crippen LogP contribution < -0.4 is 4.74 Å². The summed E-state index contributed by atoms with van der Waals surface area (Å²) < 4.78 is 19.3. The second-order valence-electron chi connectivity index (χ2n) is 2.90. The molecule has 0 unspecified atom stereocenters. The van der Waals surface area contributed by atoms with Gasteiger partial charge in [0.1, 0.15) is 5.82 Å². The lowest BCUT2D eigenvalue weighted by Gasteiger charge is -2.02. The maximum atomic E-state index is 13.0. The predicted molar refractivity (Wildman–Crippen MR) is 55.1 cm³/mol. The first kappa shape index (κ1) is 9.98. The van der Waals surface area contributed by atoms with Crippen molar-refractivity contribution in [1.29, 1.82) is 0 Å². The van der Waals surface area contributed by atoms with Crippen molar-refractivity contribution < 1.29 is 9.13 Å². The molecule has 0 aliphatic heterocycles. The third-order valence-corrected chi connectivity index (χ3v) is 2.30. The Balaban J connectivity index is 2.49.